The van der Waals surface area contributed by atoms with Gasteiger partial charge in [0.25, 0.3) is 0 Å². The van der Waals surface area contributed by atoms with Gasteiger partial charge < -0.3 is 10.5 Å². The first-order chi connectivity index (χ1) is 7.24. The van der Waals surface area contributed by atoms with Crippen LogP contribution < -0.4 is 10.5 Å². The molecule has 82 valence electrons. The summed E-state index contributed by atoms with van der Waals surface area (Å²) in [6, 6.07) is 6.51. The van der Waals surface area contributed by atoms with Gasteiger partial charge >= 0.3 is 0 Å². The third-order valence-electron chi connectivity index (χ3n) is 2.77. The summed E-state index contributed by atoms with van der Waals surface area (Å²) in [7, 11) is 0. The molecule has 0 spiro atoms. The number of benzene rings is 1. The highest BCUT2D eigenvalue weighted by Gasteiger charge is 2.20. The number of hydrogen-bond donors (Lipinski definition) is 1. The van der Waals surface area contributed by atoms with Gasteiger partial charge in [-0.15, -0.1) is 0 Å². The van der Waals surface area contributed by atoms with Crippen molar-refractivity contribution in [1.29, 1.82) is 0 Å². The average Bonchev–Trinajstić information content (AvgIpc) is 2.17. The molecule has 2 nitrogen and oxygen atoms in total. The number of ether oxygens (including phenoxy) is 1. The zero-order chi connectivity index (χ0) is 10.7. The molecule has 0 bridgehead atoms. The molecular weight excluding hydrogens is 193 g/mol. The molecular formula is C12H16FNO. The summed E-state index contributed by atoms with van der Waals surface area (Å²) >= 11 is 0. The molecule has 2 N–H and O–H groups in total. The van der Waals surface area contributed by atoms with E-state index in [1.54, 1.807) is 12.1 Å². The molecule has 1 fully saturated rings. The summed E-state index contributed by atoms with van der Waals surface area (Å²) in [5.41, 5.74) is 5.85. The van der Waals surface area contributed by atoms with E-state index in [0.717, 1.165) is 25.7 Å². The quantitative estimate of drug-likeness (QED) is 0.812. The van der Waals surface area contributed by atoms with Crippen molar-refractivity contribution in [2.45, 2.75) is 37.8 Å². The fourth-order valence-electron chi connectivity index (χ4n) is 2.02. The minimum absolute atomic E-state index is 0.149. The van der Waals surface area contributed by atoms with Crippen LogP contribution in [-0.2, 0) is 0 Å². The molecule has 2 unspecified atom stereocenters. The van der Waals surface area contributed by atoms with Gasteiger partial charge in [-0.2, -0.15) is 0 Å². The van der Waals surface area contributed by atoms with Gasteiger partial charge in [0.15, 0.2) is 0 Å². The number of halogens is 1. The molecule has 0 amide bonds. The zero-order valence-electron chi connectivity index (χ0n) is 8.66. The van der Waals surface area contributed by atoms with E-state index in [0.29, 0.717) is 5.75 Å². The fourth-order valence-corrected chi connectivity index (χ4v) is 2.02. The van der Waals surface area contributed by atoms with Crippen LogP contribution >= 0.6 is 0 Å². The van der Waals surface area contributed by atoms with Crippen LogP contribution in [0.15, 0.2) is 24.3 Å². The minimum Gasteiger partial charge on any atom is -0.490 e. The lowest BCUT2D eigenvalue weighted by Gasteiger charge is -2.27. The molecule has 0 radical (unpaired) electrons. The normalized spacial score (nSPS) is 26.3. The Morgan fingerprint density at radius 2 is 2.20 bits per heavy atom. The summed E-state index contributed by atoms with van der Waals surface area (Å²) in [6.45, 7) is 0. The topological polar surface area (TPSA) is 35.2 Å². The van der Waals surface area contributed by atoms with Crippen LogP contribution in [-0.4, -0.2) is 12.1 Å². The molecule has 1 aliphatic rings. The first-order valence-corrected chi connectivity index (χ1v) is 5.42. The lowest BCUT2D eigenvalue weighted by atomic mass is 9.93. The smallest absolute Gasteiger partial charge is 0.126 e. The summed E-state index contributed by atoms with van der Waals surface area (Å²) in [4.78, 5) is 0. The Labute approximate surface area is 89.2 Å². The molecule has 0 saturated heterocycles. The second-order valence-electron chi connectivity index (χ2n) is 4.12. The summed E-state index contributed by atoms with van der Waals surface area (Å²) in [5, 5.41) is 0. The fraction of sp³-hybridized carbons (Fsp3) is 0.500. The SMILES string of the molecule is NC1CCCC(Oc2cccc(F)c2)C1. The number of nitrogens with two attached hydrogens (primary N) is 1. The molecule has 1 aromatic rings. The van der Waals surface area contributed by atoms with Crippen LogP contribution in [0.5, 0.6) is 5.75 Å². The van der Waals surface area contributed by atoms with Crippen molar-refractivity contribution in [1.82, 2.24) is 0 Å². The van der Waals surface area contributed by atoms with Crippen LogP contribution in [0.4, 0.5) is 4.39 Å². The second kappa shape index (κ2) is 4.62. The molecule has 3 heteroatoms. The predicted molar refractivity (Wildman–Crippen MR) is 57.3 cm³/mol. The Hall–Kier alpha value is -1.09. The van der Waals surface area contributed by atoms with Crippen molar-refractivity contribution in [2.24, 2.45) is 5.73 Å². The van der Waals surface area contributed by atoms with Crippen molar-refractivity contribution < 1.29 is 9.13 Å². The van der Waals surface area contributed by atoms with E-state index >= 15 is 0 Å². The molecule has 0 heterocycles. The van der Waals surface area contributed by atoms with Gasteiger partial charge in [-0.05, 0) is 37.8 Å². The summed E-state index contributed by atoms with van der Waals surface area (Å²) < 4.78 is 18.6. The average molecular weight is 209 g/mol. The lowest BCUT2D eigenvalue weighted by Crippen LogP contribution is -2.33. The van der Waals surface area contributed by atoms with E-state index in [4.69, 9.17) is 10.5 Å². The first kappa shape index (κ1) is 10.4. The maximum Gasteiger partial charge on any atom is 0.126 e. The van der Waals surface area contributed by atoms with Crippen LogP contribution in [0.2, 0.25) is 0 Å². The number of rotatable bonds is 2. The van der Waals surface area contributed by atoms with Crippen LogP contribution in [0.3, 0.4) is 0 Å². The first-order valence-electron chi connectivity index (χ1n) is 5.42. The van der Waals surface area contributed by atoms with E-state index in [1.807, 2.05) is 0 Å². The van der Waals surface area contributed by atoms with E-state index in [2.05, 4.69) is 0 Å². The van der Waals surface area contributed by atoms with Gasteiger partial charge in [0.2, 0.25) is 0 Å². The highest BCUT2D eigenvalue weighted by molar-refractivity contribution is 5.22. The Bertz CT molecular complexity index is 329. The highest BCUT2D eigenvalue weighted by atomic mass is 19.1. The predicted octanol–water partition coefficient (Wildman–Crippen LogP) is 2.47. The van der Waals surface area contributed by atoms with E-state index in [-0.39, 0.29) is 18.0 Å². The largest absolute Gasteiger partial charge is 0.490 e. The van der Waals surface area contributed by atoms with Gasteiger partial charge in [-0.3, -0.25) is 0 Å². The van der Waals surface area contributed by atoms with Crippen LogP contribution in [0.1, 0.15) is 25.7 Å². The Morgan fingerprint density at radius 3 is 2.93 bits per heavy atom. The monoisotopic (exact) mass is 209 g/mol. The Kier molecular flexibility index (Phi) is 3.21. The Balaban J connectivity index is 1.96. The number of hydrogen-bond acceptors (Lipinski definition) is 2. The molecule has 2 atom stereocenters. The summed E-state index contributed by atoms with van der Waals surface area (Å²) in [5.74, 6) is 0.349. The van der Waals surface area contributed by atoms with Crippen molar-refractivity contribution in [2.75, 3.05) is 0 Å². The van der Waals surface area contributed by atoms with Crippen molar-refractivity contribution in [3.05, 3.63) is 30.1 Å². The van der Waals surface area contributed by atoms with Gasteiger partial charge in [0.05, 0.1) is 0 Å². The molecule has 2 rings (SSSR count). The van der Waals surface area contributed by atoms with E-state index < -0.39 is 0 Å². The lowest BCUT2D eigenvalue weighted by molar-refractivity contribution is 0.144. The van der Waals surface area contributed by atoms with E-state index in [1.165, 1.54) is 12.1 Å². The van der Waals surface area contributed by atoms with Crippen molar-refractivity contribution in [3.8, 4) is 5.75 Å². The van der Waals surface area contributed by atoms with E-state index in [9.17, 15) is 4.39 Å². The standard InChI is InChI=1S/C12H16FNO/c13-9-3-1-5-11(7-9)15-12-6-2-4-10(14)8-12/h1,3,5,7,10,12H,2,4,6,8,14H2. The zero-order valence-corrected chi connectivity index (χ0v) is 8.66. The molecule has 0 aliphatic heterocycles. The van der Waals surface area contributed by atoms with Crippen LogP contribution in [0, 0.1) is 5.82 Å². The van der Waals surface area contributed by atoms with Crippen LogP contribution in [0.25, 0.3) is 0 Å². The minimum atomic E-state index is -0.257. The van der Waals surface area contributed by atoms with Crippen molar-refractivity contribution >= 4 is 0 Å². The molecule has 15 heavy (non-hydrogen) atoms. The molecule has 1 aliphatic carbocycles. The third kappa shape index (κ3) is 2.93. The highest BCUT2D eigenvalue weighted by Crippen LogP contribution is 2.23. The van der Waals surface area contributed by atoms with Gasteiger partial charge in [0, 0.05) is 12.1 Å². The second-order valence-corrected chi connectivity index (χ2v) is 4.12. The van der Waals surface area contributed by atoms with Gasteiger partial charge in [-0.1, -0.05) is 6.07 Å². The van der Waals surface area contributed by atoms with Crippen molar-refractivity contribution in [3.63, 3.8) is 0 Å². The molecule has 1 saturated carbocycles. The Morgan fingerprint density at radius 1 is 1.33 bits per heavy atom. The third-order valence-corrected chi connectivity index (χ3v) is 2.77. The van der Waals surface area contributed by atoms with Gasteiger partial charge in [-0.25, -0.2) is 4.39 Å². The maximum atomic E-state index is 12.9. The maximum absolute atomic E-state index is 12.9. The molecule has 1 aromatic carbocycles. The molecule has 0 aromatic heterocycles. The summed E-state index contributed by atoms with van der Waals surface area (Å²) in [6.07, 6.45) is 4.21. The van der Waals surface area contributed by atoms with Gasteiger partial charge in [0.1, 0.15) is 17.7 Å².